The molecule has 0 aliphatic rings. The summed E-state index contributed by atoms with van der Waals surface area (Å²) < 4.78 is 66.2. The summed E-state index contributed by atoms with van der Waals surface area (Å²) in [5.41, 5.74) is -1.99. The van der Waals surface area contributed by atoms with Gasteiger partial charge in [-0.2, -0.15) is 16.8 Å². The molecule has 178 valence electrons. The van der Waals surface area contributed by atoms with Crippen molar-refractivity contribution in [2.45, 2.75) is 16.7 Å². The summed E-state index contributed by atoms with van der Waals surface area (Å²) in [7, 11) is -9.94. The van der Waals surface area contributed by atoms with Gasteiger partial charge in [0.25, 0.3) is 25.9 Å². The molecule has 1 amide bonds. The number of hydrogen-bond donors (Lipinski definition) is 4. The molecule has 0 spiro atoms. The summed E-state index contributed by atoms with van der Waals surface area (Å²) >= 11 is 0. The van der Waals surface area contributed by atoms with E-state index >= 15 is 0 Å². The van der Waals surface area contributed by atoms with Crippen LogP contribution >= 0.6 is 0 Å². The third kappa shape index (κ3) is 4.99. The second-order valence-corrected chi connectivity index (χ2v) is 9.53. The van der Waals surface area contributed by atoms with Gasteiger partial charge in [-0.3, -0.25) is 24.0 Å². The number of nitro benzene ring substituents is 1. The fourth-order valence-corrected chi connectivity index (χ4v) is 4.20. The minimum Gasteiger partial charge on any atom is -0.505 e. The van der Waals surface area contributed by atoms with Crippen LogP contribution in [-0.4, -0.2) is 41.9 Å². The average Bonchev–Trinajstić information content (AvgIpc) is 2.70. The Balaban J connectivity index is 2.41. The van der Waals surface area contributed by atoms with Crippen molar-refractivity contribution in [3.05, 3.63) is 52.6 Å². The van der Waals surface area contributed by atoms with Gasteiger partial charge in [0.2, 0.25) is 5.91 Å². The number of benzene rings is 3. The smallest absolute Gasteiger partial charge is 0.296 e. The van der Waals surface area contributed by atoms with E-state index in [0.717, 1.165) is 31.2 Å². The zero-order valence-corrected chi connectivity index (χ0v) is 18.5. The monoisotopic (exact) mass is 510 g/mol. The van der Waals surface area contributed by atoms with E-state index in [9.17, 15) is 46.0 Å². The molecule has 0 aliphatic heterocycles. The predicted octanol–water partition coefficient (Wildman–Crippen LogP) is 3.32. The number of nitrogens with one attached hydrogen (secondary N) is 1. The molecule has 0 heterocycles. The molecule has 0 atom stereocenters. The zero-order valence-electron chi connectivity index (χ0n) is 16.9. The fraction of sp³-hybridized carbons (Fsp3) is 0.0556. The van der Waals surface area contributed by atoms with Crippen molar-refractivity contribution in [1.82, 2.24) is 0 Å². The summed E-state index contributed by atoms with van der Waals surface area (Å²) in [5, 5.41) is 30.8. The number of azo groups is 1. The van der Waals surface area contributed by atoms with Crippen molar-refractivity contribution in [1.29, 1.82) is 0 Å². The number of carbonyl (C=O) groups is 1. The van der Waals surface area contributed by atoms with E-state index in [1.54, 1.807) is 0 Å². The van der Waals surface area contributed by atoms with Crippen LogP contribution < -0.4 is 5.32 Å². The number of fused-ring (bicyclic) bond motifs is 1. The van der Waals surface area contributed by atoms with Gasteiger partial charge >= 0.3 is 0 Å². The van der Waals surface area contributed by atoms with Gasteiger partial charge in [0.05, 0.1) is 15.5 Å². The highest BCUT2D eigenvalue weighted by Gasteiger charge is 2.26. The number of para-hydroxylation sites is 1. The number of hydrogen-bond acceptors (Lipinski definition) is 10. The van der Waals surface area contributed by atoms with E-state index in [-0.39, 0.29) is 22.1 Å². The van der Waals surface area contributed by atoms with Crippen molar-refractivity contribution in [3.63, 3.8) is 0 Å². The number of anilines is 1. The van der Waals surface area contributed by atoms with Crippen LogP contribution in [0.2, 0.25) is 0 Å². The van der Waals surface area contributed by atoms with Crippen LogP contribution in [0.15, 0.2) is 62.5 Å². The largest absolute Gasteiger partial charge is 0.505 e. The minimum atomic E-state index is -5.11. The van der Waals surface area contributed by atoms with E-state index in [2.05, 4.69) is 15.5 Å². The number of aromatic hydroxyl groups is 1. The molecule has 0 saturated carbocycles. The molecule has 0 radical (unpaired) electrons. The van der Waals surface area contributed by atoms with Crippen LogP contribution in [0, 0.1) is 10.1 Å². The molecule has 4 N–H and O–H groups in total. The Labute approximate surface area is 191 Å². The van der Waals surface area contributed by atoms with E-state index in [0.29, 0.717) is 0 Å². The van der Waals surface area contributed by atoms with Crippen molar-refractivity contribution < 1.29 is 40.8 Å². The summed E-state index contributed by atoms with van der Waals surface area (Å²) in [6.45, 7) is 1.06. The molecule has 14 nitrogen and oxygen atoms in total. The normalized spacial score (nSPS) is 12.2. The lowest BCUT2D eigenvalue weighted by molar-refractivity contribution is -0.384. The molecular formula is C18H14N4O10S2. The molecule has 3 aromatic carbocycles. The molecule has 0 bridgehead atoms. The van der Waals surface area contributed by atoms with Crippen LogP contribution in [0.25, 0.3) is 10.8 Å². The van der Waals surface area contributed by atoms with Crippen LogP contribution in [0.4, 0.5) is 22.7 Å². The molecule has 16 heteroatoms. The van der Waals surface area contributed by atoms with Crippen LogP contribution in [-0.2, 0) is 25.0 Å². The number of rotatable bonds is 6. The molecule has 3 aromatic rings. The topological polar surface area (TPSA) is 226 Å². The molecular weight excluding hydrogens is 496 g/mol. The van der Waals surface area contributed by atoms with Crippen molar-refractivity contribution in [2.75, 3.05) is 5.32 Å². The first-order chi connectivity index (χ1) is 15.7. The molecule has 0 unspecified atom stereocenters. The van der Waals surface area contributed by atoms with Crippen LogP contribution in [0.3, 0.4) is 0 Å². The Morgan fingerprint density at radius 1 is 1.03 bits per heavy atom. The van der Waals surface area contributed by atoms with E-state index < -0.39 is 58.0 Å². The lowest BCUT2D eigenvalue weighted by Crippen LogP contribution is -2.08. The van der Waals surface area contributed by atoms with Crippen LogP contribution in [0.1, 0.15) is 6.92 Å². The highest BCUT2D eigenvalue weighted by molar-refractivity contribution is 7.86. The average molecular weight is 510 g/mol. The van der Waals surface area contributed by atoms with Crippen molar-refractivity contribution >= 4 is 59.7 Å². The SMILES string of the molecule is CC(=O)Nc1cc(S(=O)(=O)O)cc2cc(S(=O)(=O)O)c(N=Nc3ccccc3[N+](=O)[O-])c(O)c12. The lowest BCUT2D eigenvalue weighted by Gasteiger charge is -2.14. The van der Waals surface area contributed by atoms with Gasteiger partial charge in [0.1, 0.15) is 10.6 Å². The van der Waals surface area contributed by atoms with E-state index in [1.165, 1.54) is 18.2 Å². The Hall–Kier alpha value is -3.99. The first kappa shape index (κ1) is 24.6. The Morgan fingerprint density at radius 3 is 2.24 bits per heavy atom. The summed E-state index contributed by atoms with van der Waals surface area (Å²) in [5.74, 6) is -1.67. The number of nitrogens with zero attached hydrogens (tertiary/aromatic N) is 3. The third-order valence-electron chi connectivity index (χ3n) is 4.35. The molecule has 0 saturated heterocycles. The van der Waals surface area contributed by atoms with Gasteiger partial charge in [-0.05, 0) is 29.7 Å². The van der Waals surface area contributed by atoms with Gasteiger partial charge in [-0.15, -0.1) is 10.2 Å². The molecule has 3 rings (SSSR count). The predicted molar refractivity (Wildman–Crippen MR) is 117 cm³/mol. The molecule has 0 fully saturated rings. The molecule has 34 heavy (non-hydrogen) atoms. The quantitative estimate of drug-likeness (QED) is 0.164. The maximum absolute atomic E-state index is 12.0. The van der Waals surface area contributed by atoms with Crippen molar-refractivity contribution in [3.8, 4) is 5.75 Å². The second kappa shape index (κ2) is 8.75. The summed E-state index contributed by atoms with van der Waals surface area (Å²) in [4.78, 5) is 20.2. The van der Waals surface area contributed by atoms with E-state index in [4.69, 9.17) is 0 Å². The standard InChI is InChI=1S/C18H14N4O10S2/c1-9(23)19-13-8-11(33(27,28)29)6-10-7-15(34(30,31)32)17(18(24)16(10)13)21-20-12-4-2-3-5-14(12)22(25)26/h2-8,24H,1H3,(H,19,23)(H,27,28,29)(H,30,31,32). The highest BCUT2D eigenvalue weighted by Crippen LogP contribution is 2.45. The van der Waals surface area contributed by atoms with Crippen LogP contribution in [0.5, 0.6) is 5.75 Å². The minimum absolute atomic E-state index is 0.308. The Bertz CT molecular complexity index is 1600. The maximum Gasteiger partial charge on any atom is 0.296 e. The Morgan fingerprint density at radius 2 is 1.68 bits per heavy atom. The van der Waals surface area contributed by atoms with Gasteiger partial charge in [-0.1, -0.05) is 12.1 Å². The molecule has 0 aliphatic carbocycles. The number of phenols is 1. The third-order valence-corrected chi connectivity index (χ3v) is 6.04. The number of amides is 1. The first-order valence-corrected chi connectivity index (χ1v) is 11.8. The molecule has 0 aromatic heterocycles. The maximum atomic E-state index is 12.0. The fourth-order valence-electron chi connectivity index (χ4n) is 3.00. The van der Waals surface area contributed by atoms with Gasteiger partial charge in [-0.25, -0.2) is 0 Å². The number of nitro groups is 1. The number of carbonyl (C=O) groups excluding carboxylic acids is 1. The first-order valence-electron chi connectivity index (χ1n) is 8.91. The Kier molecular flexibility index (Phi) is 6.34. The van der Waals surface area contributed by atoms with Crippen molar-refractivity contribution in [2.24, 2.45) is 10.2 Å². The second-order valence-electron chi connectivity index (χ2n) is 6.72. The summed E-state index contributed by atoms with van der Waals surface area (Å²) in [6, 6.07) is 7.33. The van der Waals surface area contributed by atoms with E-state index in [1.807, 2.05) is 0 Å². The number of phenolic OH excluding ortho intramolecular Hbond substituents is 1. The summed E-state index contributed by atoms with van der Waals surface area (Å²) in [6.07, 6.45) is 0. The van der Waals surface area contributed by atoms with Gasteiger partial charge in [0.15, 0.2) is 11.4 Å². The highest BCUT2D eigenvalue weighted by atomic mass is 32.2. The van der Waals surface area contributed by atoms with Gasteiger partial charge in [0, 0.05) is 18.4 Å². The zero-order chi connectivity index (χ0) is 25.4. The van der Waals surface area contributed by atoms with Gasteiger partial charge < -0.3 is 10.4 Å². The lowest BCUT2D eigenvalue weighted by atomic mass is 10.1.